The van der Waals surface area contributed by atoms with E-state index in [2.05, 4.69) is 43.4 Å². The van der Waals surface area contributed by atoms with Crippen LogP contribution in [0, 0.1) is 13.8 Å². The summed E-state index contributed by atoms with van der Waals surface area (Å²) in [5, 5.41) is 23.3. The molecule has 0 saturated heterocycles. The van der Waals surface area contributed by atoms with Gasteiger partial charge in [0.25, 0.3) is 5.91 Å². The van der Waals surface area contributed by atoms with Crippen LogP contribution in [0.25, 0.3) is 0 Å². The Hall–Kier alpha value is -2.75. The second-order valence-electron chi connectivity index (χ2n) is 6.58. The van der Waals surface area contributed by atoms with Crippen molar-refractivity contribution in [2.75, 3.05) is 10.6 Å². The highest BCUT2D eigenvalue weighted by molar-refractivity contribution is 14.1. The highest BCUT2D eigenvalue weighted by Crippen LogP contribution is 2.27. The molecule has 0 unspecified atom stereocenters. The summed E-state index contributed by atoms with van der Waals surface area (Å²) in [6, 6.07) is 11.7. The zero-order chi connectivity index (χ0) is 20.3. The van der Waals surface area contributed by atoms with Crippen LogP contribution in [0.4, 0.5) is 17.3 Å². The van der Waals surface area contributed by atoms with Gasteiger partial charge in [0.1, 0.15) is 17.1 Å². The highest BCUT2D eigenvalue weighted by atomic mass is 127. The Morgan fingerprint density at radius 2 is 1.93 bits per heavy atom. The molecule has 0 aliphatic rings. The molecular weight excluding hydrogens is 469 g/mol. The van der Waals surface area contributed by atoms with E-state index in [1.165, 1.54) is 0 Å². The van der Waals surface area contributed by atoms with Crippen LogP contribution in [-0.2, 0) is 11.0 Å². The number of hydrogen-bond acceptors (Lipinski definition) is 5. The van der Waals surface area contributed by atoms with Gasteiger partial charge in [-0.3, -0.25) is 9.89 Å². The predicted octanol–water partition coefficient (Wildman–Crippen LogP) is 4.12. The number of aryl methyl sites for hydroxylation is 2. The fraction of sp³-hybridized carbons (Fsp3) is 0.200. The number of aromatic amines is 1. The number of alkyl halides is 1. The van der Waals surface area contributed by atoms with E-state index in [-0.39, 0.29) is 5.56 Å². The van der Waals surface area contributed by atoms with Crippen LogP contribution in [-0.4, -0.2) is 21.2 Å². The number of nitrogens with zero attached hydrogens (tertiary/aromatic N) is 1. The second-order valence-corrected chi connectivity index (χ2v) is 7.34. The van der Waals surface area contributed by atoms with E-state index in [9.17, 15) is 9.90 Å². The number of benzene rings is 2. The number of amides is 1. The molecular formula is C20H22IN5O2. The number of halogens is 1. The minimum atomic E-state index is -0.582. The number of nitrogens with two attached hydrogens (primary N) is 1. The van der Waals surface area contributed by atoms with Gasteiger partial charge >= 0.3 is 0 Å². The maximum absolute atomic E-state index is 12.0. The first-order chi connectivity index (χ1) is 13.4. The molecule has 146 valence electrons. The molecule has 28 heavy (non-hydrogen) atoms. The summed E-state index contributed by atoms with van der Waals surface area (Å²) >= 11 is 2.30. The molecule has 3 aromatic rings. The number of hydrogen-bond donors (Lipinski definition) is 5. The number of phenols is 1. The Bertz CT molecular complexity index is 993. The number of phenolic OH excluding ortho intramolecular Hbond substituents is 1. The lowest BCUT2D eigenvalue weighted by atomic mass is 10.1. The molecule has 3 rings (SSSR count). The van der Waals surface area contributed by atoms with E-state index in [4.69, 9.17) is 5.73 Å². The molecule has 0 aliphatic carbocycles. The van der Waals surface area contributed by atoms with E-state index in [0.29, 0.717) is 23.9 Å². The SMILES string of the molecule is Cc1cc(CNc2[nH]nc(Nc3cccc(CI)c3)c2C(N)=O)cc(C)c1O. The van der Waals surface area contributed by atoms with Gasteiger partial charge in [0.15, 0.2) is 5.82 Å². The van der Waals surface area contributed by atoms with E-state index in [1.807, 2.05) is 50.2 Å². The van der Waals surface area contributed by atoms with Gasteiger partial charge in [-0.15, -0.1) is 0 Å². The van der Waals surface area contributed by atoms with Gasteiger partial charge in [0.05, 0.1) is 0 Å². The Labute approximate surface area is 176 Å². The first-order valence-electron chi connectivity index (χ1n) is 8.72. The minimum Gasteiger partial charge on any atom is -0.507 e. The summed E-state index contributed by atoms with van der Waals surface area (Å²) in [4.78, 5) is 12.0. The second kappa shape index (κ2) is 8.51. The van der Waals surface area contributed by atoms with Gasteiger partial charge in [0, 0.05) is 16.7 Å². The van der Waals surface area contributed by atoms with Gasteiger partial charge in [-0.2, -0.15) is 5.10 Å². The van der Waals surface area contributed by atoms with Crippen molar-refractivity contribution in [1.82, 2.24) is 10.2 Å². The molecule has 1 amide bonds. The molecule has 0 fully saturated rings. The minimum absolute atomic E-state index is 0.270. The lowest BCUT2D eigenvalue weighted by Gasteiger charge is -2.10. The van der Waals surface area contributed by atoms with Crippen LogP contribution in [0.5, 0.6) is 5.75 Å². The average Bonchev–Trinajstić information content (AvgIpc) is 3.07. The Morgan fingerprint density at radius 3 is 2.57 bits per heavy atom. The van der Waals surface area contributed by atoms with E-state index < -0.39 is 5.91 Å². The topological polar surface area (TPSA) is 116 Å². The van der Waals surface area contributed by atoms with Crippen molar-refractivity contribution in [1.29, 1.82) is 0 Å². The molecule has 0 atom stereocenters. The Morgan fingerprint density at radius 1 is 1.21 bits per heavy atom. The Kier molecular flexibility index (Phi) is 6.08. The number of rotatable bonds is 7. The molecule has 1 heterocycles. The third-order valence-corrected chi connectivity index (χ3v) is 5.26. The smallest absolute Gasteiger partial charge is 0.256 e. The maximum atomic E-state index is 12.0. The lowest BCUT2D eigenvalue weighted by molar-refractivity contribution is 0.100. The fourth-order valence-corrected chi connectivity index (χ4v) is 3.48. The van der Waals surface area contributed by atoms with Crippen LogP contribution in [0.1, 0.15) is 32.6 Å². The molecule has 0 bridgehead atoms. The summed E-state index contributed by atoms with van der Waals surface area (Å²) in [6.07, 6.45) is 0. The summed E-state index contributed by atoms with van der Waals surface area (Å²) in [6.45, 7) is 4.15. The molecule has 0 spiro atoms. The number of aromatic nitrogens is 2. The van der Waals surface area contributed by atoms with E-state index in [1.54, 1.807) is 0 Å². The summed E-state index contributed by atoms with van der Waals surface area (Å²) in [5.74, 6) is 0.535. The van der Waals surface area contributed by atoms with Crippen molar-refractivity contribution < 1.29 is 9.90 Å². The van der Waals surface area contributed by atoms with Crippen LogP contribution < -0.4 is 16.4 Å². The van der Waals surface area contributed by atoms with E-state index >= 15 is 0 Å². The number of H-pyrrole nitrogens is 1. The van der Waals surface area contributed by atoms with Gasteiger partial charge in [-0.05, 0) is 48.2 Å². The molecule has 0 aliphatic heterocycles. The monoisotopic (exact) mass is 491 g/mol. The number of aromatic hydroxyl groups is 1. The molecule has 7 nitrogen and oxygen atoms in total. The number of primary amides is 1. The average molecular weight is 491 g/mol. The van der Waals surface area contributed by atoms with Crippen molar-refractivity contribution in [3.8, 4) is 5.75 Å². The summed E-state index contributed by atoms with van der Waals surface area (Å²) < 4.78 is 0.884. The van der Waals surface area contributed by atoms with Gasteiger partial charge in [-0.25, -0.2) is 0 Å². The van der Waals surface area contributed by atoms with Crippen molar-refractivity contribution in [3.63, 3.8) is 0 Å². The third kappa shape index (κ3) is 4.38. The number of carbonyl (C=O) groups is 1. The first kappa shape index (κ1) is 20.0. The van der Waals surface area contributed by atoms with Gasteiger partial charge in [0.2, 0.25) is 0 Å². The zero-order valence-corrected chi connectivity index (χ0v) is 17.8. The molecule has 6 N–H and O–H groups in total. The highest BCUT2D eigenvalue weighted by Gasteiger charge is 2.19. The van der Waals surface area contributed by atoms with Gasteiger partial charge < -0.3 is 21.5 Å². The number of anilines is 3. The normalized spacial score (nSPS) is 10.7. The number of carbonyl (C=O) groups excluding carboxylic acids is 1. The lowest BCUT2D eigenvalue weighted by Crippen LogP contribution is -2.15. The molecule has 1 aromatic heterocycles. The molecule has 0 radical (unpaired) electrons. The summed E-state index contributed by atoms with van der Waals surface area (Å²) in [7, 11) is 0. The Balaban J connectivity index is 1.81. The maximum Gasteiger partial charge on any atom is 0.256 e. The van der Waals surface area contributed by atoms with Crippen LogP contribution in [0.3, 0.4) is 0 Å². The van der Waals surface area contributed by atoms with Crippen molar-refractivity contribution in [2.24, 2.45) is 5.73 Å². The van der Waals surface area contributed by atoms with Crippen molar-refractivity contribution in [3.05, 3.63) is 64.2 Å². The van der Waals surface area contributed by atoms with Gasteiger partial charge in [-0.1, -0.05) is 46.9 Å². The molecule has 8 heteroatoms. The third-order valence-electron chi connectivity index (χ3n) is 4.38. The fourth-order valence-electron chi connectivity index (χ4n) is 3.01. The molecule has 2 aromatic carbocycles. The van der Waals surface area contributed by atoms with Crippen molar-refractivity contribution >= 4 is 45.8 Å². The first-order valence-corrected chi connectivity index (χ1v) is 10.2. The predicted molar refractivity (Wildman–Crippen MR) is 119 cm³/mol. The largest absolute Gasteiger partial charge is 0.507 e. The standard InChI is InChI=1S/C20H22IN5O2/c1-11-6-14(7-12(2)17(11)27)10-23-19-16(18(22)28)20(26-25-19)24-15-5-3-4-13(8-15)9-21/h3-8,27H,9-10H2,1-2H3,(H2,22,28)(H3,23,24,25,26). The van der Waals surface area contributed by atoms with Crippen LogP contribution in [0.2, 0.25) is 0 Å². The van der Waals surface area contributed by atoms with Crippen molar-refractivity contribution in [2.45, 2.75) is 24.8 Å². The zero-order valence-electron chi connectivity index (χ0n) is 15.6. The van der Waals surface area contributed by atoms with Crippen LogP contribution in [0.15, 0.2) is 36.4 Å². The quantitative estimate of drug-likeness (QED) is 0.252. The summed E-state index contributed by atoms with van der Waals surface area (Å²) in [5.41, 5.74) is 10.4. The van der Waals surface area contributed by atoms with Crippen LogP contribution >= 0.6 is 22.6 Å². The molecule has 0 saturated carbocycles. The number of nitrogens with one attached hydrogen (secondary N) is 3. The van der Waals surface area contributed by atoms with E-state index in [0.717, 1.165) is 32.4 Å².